The Morgan fingerprint density at radius 1 is 0.491 bits per heavy atom. The van der Waals surface area contributed by atoms with Crippen molar-refractivity contribution in [1.82, 2.24) is 83.8 Å². The van der Waals surface area contributed by atoms with Crippen molar-refractivity contribution in [2.75, 3.05) is 98.2 Å². The number of amides is 12. The molecule has 6 rings (SSSR count). The third-order valence-corrected chi connectivity index (χ3v) is 21.9. The largest absolute Gasteiger partial charge is 0.481 e. The summed E-state index contributed by atoms with van der Waals surface area (Å²) in [4.78, 5) is 225. The molecule has 43 nitrogen and oxygen atoms in total. The number of hydrogen-bond acceptors (Lipinski definition) is 27. The number of guanidine groups is 1. The molecule has 4 aliphatic heterocycles. The van der Waals surface area contributed by atoms with Crippen LogP contribution in [0, 0.1) is 0 Å². The number of unbranched alkanes of at least 4 members (excludes halogenated alkanes) is 2. The minimum absolute atomic E-state index is 0.00106. The number of nitrogens with one attached hydrogen (secondary N) is 13. The predicted octanol–water partition coefficient (Wildman–Crippen LogP) is -9.90. The number of aliphatic hydroxyl groups is 1. The molecular weight excluding hydrogens is 1580 g/mol. The van der Waals surface area contributed by atoms with Crippen LogP contribution in [0.1, 0.15) is 88.2 Å². The molecule has 2 bridgehead atoms. The number of hydrogen-bond donors (Lipinski definition) is 20. The molecule has 2 aromatic rings. The average molecular weight is 1680 g/mol. The molecule has 0 radical (unpaired) electrons. The van der Waals surface area contributed by atoms with Crippen molar-refractivity contribution in [1.29, 1.82) is 0 Å². The van der Waals surface area contributed by atoms with Gasteiger partial charge >= 0.3 is 246 Å². The Hall–Kier alpha value is -10.2. The quantitative estimate of drug-likeness (QED) is 0.0144. The van der Waals surface area contributed by atoms with Crippen LogP contribution in [-0.4, -0.2) is 313 Å². The van der Waals surface area contributed by atoms with Gasteiger partial charge in [0.1, 0.15) is 42.5 Å². The predicted molar refractivity (Wildman–Crippen MR) is 394 cm³/mol. The zero-order chi connectivity index (χ0) is 81.7. The van der Waals surface area contributed by atoms with Crippen LogP contribution in [0.25, 0.3) is 0 Å². The number of aliphatic imine (C=N–C) groups is 1. The van der Waals surface area contributed by atoms with Gasteiger partial charge in [0.2, 0.25) is 59.1 Å². The fraction of sp³-hybridized carbons (Fsp3) is 0.574. The molecule has 0 aromatic heterocycles. The molecule has 12 amide bonds. The molecular formula is C68H102InN21O22. The second kappa shape index (κ2) is 47.9. The summed E-state index contributed by atoms with van der Waals surface area (Å²) in [5.41, 5.74) is 23.3. The first kappa shape index (κ1) is 90.7. The number of carbonyl (C=O) groups excluding carboxylic acids is 14. The first-order valence-electron chi connectivity index (χ1n) is 36.7. The fourth-order valence-corrected chi connectivity index (χ4v) is 15.2. The number of carboxylic acids is 2. The van der Waals surface area contributed by atoms with Crippen LogP contribution in [0.3, 0.4) is 0 Å². The van der Waals surface area contributed by atoms with E-state index in [0.29, 0.717) is 11.1 Å². The monoisotopic (exact) mass is 1680 g/mol. The van der Waals surface area contributed by atoms with E-state index in [1.54, 1.807) is 65.6 Å². The Bertz CT molecular complexity index is 3610. The molecule has 0 saturated carbocycles. The van der Waals surface area contributed by atoms with Gasteiger partial charge in [0.05, 0.1) is 25.9 Å². The molecule has 4 heterocycles. The summed E-state index contributed by atoms with van der Waals surface area (Å²) in [6.07, 6.45) is -3.79. The van der Waals surface area contributed by atoms with E-state index < -0.39 is 217 Å². The molecule has 112 heavy (non-hydrogen) atoms. The maximum Gasteiger partial charge on any atom is 0.305 e. The van der Waals surface area contributed by atoms with Gasteiger partial charge in [-0.2, -0.15) is 0 Å². The third kappa shape index (κ3) is 34.6. The molecule has 4 saturated heterocycles. The number of benzene rings is 2. The van der Waals surface area contributed by atoms with Gasteiger partial charge in [0.15, 0.2) is 5.96 Å². The van der Waals surface area contributed by atoms with Crippen molar-refractivity contribution in [2.24, 2.45) is 27.9 Å². The summed E-state index contributed by atoms with van der Waals surface area (Å²) in [7, 11) is 0. The topological polar surface area (TPSA) is 644 Å². The summed E-state index contributed by atoms with van der Waals surface area (Å²) in [5.74, 6) is -15.2. The number of nitrogens with two attached hydrogens (primary N) is 4. The Kier molecular flexibility index (Phi) is 38.7. The molecule has 0 spiro atoms. The van der Waals surface area contributed by atoms with E-state index >= 15 is 0 Å². The minimum Gasteiger partial charge on any atom is -0.481 e. The van der Waals surface area contributed by atoms with Crippen molar-refractivity contribution < 1.29 is 101 Å². The van der Waals surface area contributed by atoms with Crippen molar-refractivity contribution in [2.45, 2.75) is 151 Å². The standard InChI is InChI=1S/C68H104N21O22.In/c69-67(70)75-23-11-19-42-59(104)77-33-50(90)79-48(31-54(94)95)65(110)85-46(29-40-13-3-1-4-14-40)63(108)83-44(61(106)81-42)17-7-9-21-73-52(92)35-88(38-57(100)101)27-25-87(37-56(98)99)26-28-89(39-58(102)103)36-53(93)74-22-10-8-18-45-62(107)82-43(20-12-24-76-68(71)72)60(105)78-34-51(91)80-49(32-55(96)97)66(111)86-47(64(109)84-45)30-41-15-5-2-6-16-41;/h1-6,13-16,42-49,56,67,75,98H,7-12,17-39,69-70H2,(H,73,92)(H,74,93)(H,77,104)(H,78,105)(H,79,90)(H,80,91)(H,81,106)(H,82,107)(H,83,108)(H,84,109)(H,85,110)(H,86,111)(H,94,95)(H,96,97)(H,100,101)(H,102,103)(H4,71,72,76);/q-1;+3/p-2/t42-,43-,44-,45-,46+,47+,48-,49-,56?;/m0./s1. The maximum atomic E-state index is 14.3. The van der Waals surface area contributed by atoms with Gasteiger partial charge in [-0.25, -0.2) is 0 Å². The normalized spacial score (nSPS) is 23.6. The van der Waals surface area contributed by atoms with E-state index in [9.17, 15) is 92.0 Å². The van der Waals surface area contributed by atoms with E-state index in [4.69, 9.17) is 31.5 Å². The Morgan fingerprint density at radius 2 is 0.875 bits per heavy atom. The van der Waals surface area contributed by atoms with Crippen LogP contribution >= 0.6 is 0 Å². The maximum absolute atomic E-state index is 14.3. The number of nitrogens with zero attached hydrogens (tertiary/aromatic N) is 4. The van der Waals surface area contributed by atoms with E-state index in [0.717, 1.165) is 0 Å². The van der Waals surface area contributed by atoms with Gasteiger partial charge in [-0.3, -0.25) is 67.8 Å². The smallest absolute Gasteiger partial charge is 0.305 e. The molecule has 2 unspecified atom stereocenters. The molecule has 24 N–H and O–H groups in total. The number of aliphatic hydroxyl groups excluding tert-OH is 1. The van der Waals surface area contributed by atoms with Crippen molar-refractivity contribution in [3.05, 3.63) is 71.8 Å². The van der Waals surface area contributed by atoms with Crippen LogP contribution in [0.2, 0.25) is 0 Å². The van der Waals surface area contributed by atoms with E-state index in [1.807, 2.05) is 0 Å². The first-order chi connectivity index (χ1) is 53.4. The Morgan fingerprint density at radius 3 is 1.29 bits per heavy atom. The summed E-state index contributed by atoms with van der Waals surface area (Å²) in [5, 5.41) is 63.7. The molecule has 10 atom stereocenters. The Labute approximate surface area is 653 Å². The zero-order valence-electron chi connectivity index (χ0n) is 61.8. The van der Waals surface area contributed by atoms with Crippen LogP contribution in [0.15, 0.2) is 65.7 Å². The zero-order valence-corrected chi connectivity index (χ0v) is 65.1. The third-order valence-electron chi connectivity index (χ3n) is 17.8. The van der Waals surface area contributed by atoms with Gasteiger partial charge in [-0.15, -0.1) is 0 Å². The fourth-order valence-electron chi connectivity index (χ4n) is 12.1. The molecule has 4 fully saturated rings. The number of carbonyl (C=O) groups is 16. The van der Waals surface area contributed by atoms with E-state index in [1.165, 1.54) is 9.80 Å². The van der Waals surface area contributed by atoms with Gasteiger partial charge in [0, 0.05) is 19.4 Å². The van der Waals surface area contributed by atoms with Crippen molar-refractivity contribution in [3.8, 4) is 0 Å². The second-order valence-electron chi connectivity index (χ2n) is 27.0. The van der Waals surface area contributed by atoms with Crippen LogP contribution in [0.5, 0.6) is 0 Å². The molecule has 2 aromatic carbocycles. The van der Waals surface area contributed by atoms with E-state index in [-0.39, 0.29) is 155 Å². The summed E-state index contributed by atoms with van der Waals surface area (Å²) < 4.78 is 16.8. The molecule has 4 aliphatic rings. The van der Waals surface area contributed by atoms with Crippen LogP contribution in [-0.2, 0) is 98.1 Å². The SMILES string of the molecule is NC(N)=NCCC[C@@H]1NC(=O)[C@H](CCCCNC(=O)CN2CCN3CCN(CC(=O)NCCCC[C@@H]4NC(=O)[C@@H](Cc5ccccc5)NC(=O)[C@H](CC(=O)O)NC(=O)CNC(=O)[C@H](CCCNC(N)N)NC4=O)CC(=O)[O][In]([O]C(=O)C2)[O]C(O)C3)NC(=O)[C@@H](Cc2ccccc2)NC(=O)[C@H](CC(=O)O)NC(=O)CNC1=O. The number of carboxylic acid groups (broad SMARTS) is 2. The summed E-state index contributed by atoms with van der Waals surface area (Å²) >= 11 is -4.74. The van der Waals surface area contributed by atoms with Gasteiger partial charge in [-0.05, 0) is 43.4 Å². The molecule has 0 aliphatic carbocycles. The van der Waals surface area contributed by atoms with Gasteiger partial charge < -0.3 is 86.3 Å². The number of rotatable bonds is 31. The second-order valence-corrected chi connectivity index (χ2v) is 30.7. The van der Waals surface area contributed by atoms with Crippen LogP contribution < -0.4 is 92.1 Å². The van der Waals surface area contributed by atoms with E-state index in [2.05, 4.69) is 74.1 Å². The van der Waals surface area contributed by atoms with Gasteiger partial charge in [0.25, 0.3) is 0 Å². The Balaban J connectivity index is 1.08. The number of aliphatic carboxylic acids is 2. The van der Waals surface area contributed by atoms with Crippen molar-refractivity contribution in [3.63, 3.8) is 0 Å². The molecule has 44 heteroatoms. The first-order valence-corrected chi connectivity index (χ1v) is 40.7. The van der Waals surface area contributed by atoms with Crippen molar-refractivity contribution >= 4 is 123 Å². The van der Waals surface area contributed by atoms with Crippen LogP contribution in [0.4, 0.5) is 0 Å². The molecule has 614 valence electrons. The number of fused-ring (bicyclic) bond motifs is 4. The minimum atomic E-state index is -4.74. The average Bonchev–Trinajstić information content (AvgIpc) is 1.36. The summed E-state index contributed by atoms with van der Waals surface area (Å²) in [6.45, 7) is -2.87. The summed E-state index contributed by atoms with van der Waals surface area (Å²) in [6, 6.07) is 5.20. The van der Waals surface area contributed by atoms with Gasteiger partial charge in [-0.1, -0.05) is 60.7 Å².